The van der Waals surface area contributed by atoms with E-state index in [2.05, 4.69) is 5.32 Å². The second-order valence-electron chi connectivity index (χ2n) is 5.13. The molecule has 2 nitrogen and oxygen atoms in total. The lowest BCUT2D eigenvalue weighted by atomic mass is 9.59. The van der Waals surface area contributed by atoms with Crippen LogP contribution in [0.25, 0.3) is 0 Å². The number of piperidine rings is 2. The van der Waals surface area contributed by atoms with E-state index >= 15 is 0 Å². The molecule has 4 fully saturated rings. The highest BCUT2D eigenvalue weighted by molar-refractivity contribution is 5.07. The molecule has 0 aromatic heterocycles. The Hall–Kier alpha value is -0.0800. The Kier molecular flexibility index (Phi) is 1.37. The van der Waals surface area contributed by atoms with E-state index in [-0.39, 0.29) is 5.54 Å². The Morgan fingerprint density at radius 1 is 1.17 bits per heavy atom. The highest BCUT2D eigenvalue weighted by Crippen LogP contribution is 2.49. The molecule has 4 bridgehead atoms. The van der Waals surface area contributed by atoms with Crippen molar-refractivity contribution in [1.82, 2.24) is 5.32 Å². The van der Waals surface area contributed by atoms with Gasteiger partial charge in [-0.3, -0.25) is 0 Å². The third kappa shape index (κ3) is 0.882. The molecule has 0 amide bonds. The maximum Gasteiger partial charge on any atom is 0.0613 e. The van der Waals surface area contributed by atoms with Crippen molar-refractivity contribution in [1.29, 1.82) is 0 Å². The summed E-state index contributed by atoms with van der Waals surface area (Å²) in [6.07, 6.45) is 6.66. The van der Waals surface area contributed by atoms with E-state index in [1.54, 1.807) is 0 Å². The van der Waals surface area contributed by atoms with E-state index in [9.17, 15) is 5.11 Å². The Bertz CT molecular complexity index is 167. The Labute approximate surface area is 73.4 Å². The largest absolute Gasteiger partial charge is 0.394 e. The van der Waals surface area contributed by atoms with Gasteiger partial charge in [0.2, 0.25) is 0 Å². The van der Waals surface area contributed by atoms with Crippen LogP contribution in [-0.4, -0.2) is 23.3 Å². The van der Waals surface area contributed by atoms with Gasteiger partial charge in [-0.1, -0.05) is 0 Å². The third-order valence-electron chi connectivity index (χ3n) is 4.07. The topological polar surface area (TPSA) is 32.3 Å². The maximum absolute atomic E-state index is 9.37. The fourth-order valence-corrected chi connectivity index (χ4v) is 3.93. The van der Waals surface area contributed by atoms with Crippen LogP contribution in [0.4, 0.5) is 0 Å². The first-order chi connectivity index (χ1) is 5.80. The first-order valence-corrected chi connectivity index (χ1v) is 5.18. The average Bonchev–Trinajstić information content (AvgIpc) is 2.02. The molecular weight excluding hydrogens is 150 g/mol. The number of aliphatic hydroxyl groups is 1. The number of hydrogen-bond acceptors (Lipinski definition) is 2. The van der Waals surface area contributed by atoms with Crippen molar-refractivity contribution < 1.29 is 5.11 Å². The van der Waals surface area contributed by atoms with Crippen molar-refractivity contribution in [2.45, 2.75) is 43.7 Å². The van der Waals surface area contributed by atoms with Crippen molar-refractivity contribution in [3.8, 4) is 0 Å². The van der Waals surface area contributed by atoms with Crippen LogP contribution in [0, 0.1) is 11.8 Å². The van der Waals surface area contributed by atoms with Crippen molar-refractivity contribution in [2.24, 2.45) is 11.8 Å². The van der Waals surface area contributed by atoms with Crippen molar-refractivity contribution in [3.63, 3.8) is 0 Å². The van der Waals surface area contributed by atoms with Crippen LogP contribution < -0.4 is 5.32 Å². The van der Waals surface area contributed by atoms with E-state index in [0.717, 1.165) is 17.9 Å². The molecule has 4 rings (SSSR count). The summed E-state index contributed by atoms with van der Waals surface area (Å²) in [6.45, 7) is 0.358. The number of nitrogens with one attached hydrogen (secondary N) is 1. The fourth-order valence-electron chi connectivity index (χ4n) is 3.93. The van der Waals surface area contributed by atoms with E-state index in [1.165, 1.54) is 32.1 Å². The second kappa shape index (κ2) is 2.24. The summed E-state index contributed by atoms with van der Waals surface area (Å²) in [5.74, 6) is 1.85. The molecule has 2 heteroatoms. The van der Waals surface area contributed by atoms with Crippen molar-refractivity contribution >= 4 is 0 Å². The number of hydrogen-bond donors (Lipinski definition) is 2. The molecule has 0 aromatic carbocycles. The molecule has 68 valence electrons. The van der Waals surface area contributed by atoms with Gasteiger partial charge in [0.05, 0.1) is 6.61 Å². The van der Waals surface area contributed by atoms with Crippen LogP contribution in [0.1, 0.15) is 32.1 Å². The molecule has 2 unspecified atom stereocenters. The lowest BCUT2D eigenvalue weighted by Gasteiger charge is -2.56. The summed E-state index contributed by atoms with van der Waals surface area (Å²) in [5, 5.41) is 13.0. The summed E-state index contributed by atoms with van der Waals surface area (Å²) in [5.41, 5.74) is 0.148. The Morgan fingerprint density at radius 2 is 1.83 bits per heavy atom. The van der Waals surface area contributed by atoms with E-state index in [0.29, 0.717) is 6.61 Å². The molecule has 4 aliphatic rings. The lowest BCUT2D eigenvalue weighted by molar-refractivity contribution is -0.0309. The monoisotopic (exact) mass is 167 g/mol. The smallest absolute Gasteiger partial charge is 0.0613 e. The van der Waals surface area contributed by atoms with Gasteiger partial charge in [0, 0.05) is 11.6 Å². The summed E-state index contributed by atoms with van der Waals surface area (Å²) < 4.78 is 0. The summed E-state index contributed by atoms with van der Waals surface area (Å²) >= 11 is 0. The highest BCUT2D eigenvalue weighted by atomic mass is 16.3. The van der Waals surface area contributed by atoms with Gasteiger partial charge in [0.1, 0.15) is 0 Å². The van der Waals surface area contributed by atoms with Gasteiger partial charge in [-0.15, -0.1) is 0 Å². The summed E-state index contributed by atoms with van der Waals surface area (Å²) in [6, 6.07) is 0.739. The van der Waals surface area contributed by atoms with Gasteiger partial charge in [-0.2, -0.15) is 0 Å². The van der Waals surface area contributed by atoms with Crippen LogP contribution in [0.15, 0.2) is 0 Å². The van der Waals surface area contributed by atoms with Gasteiger partial charge in [-0.25, -0.2) is 0 Å². The molecule has 4 atom stereocenters. The van der Waals surface area contributed by atoms with Gasteiger partial charge in [-0.05, 0) is 43.9 Å². The standard InChI is InChI=1S/C10H17NO/c12-6-10-4-7-1-8(5-10)3-9(2-7)11-10/h7-9,11-12H,1-6H2/t7-,8+,9?,10?. The molecule has 2 heterocycles. The number of rotatable bonds is 1. The zero-order chi connectivity index (χ0) is 8.18. The summed E-state index contributed by atoms with van der Waals surface area (Å²) in [4.78, 5) is 0. The van der Waals surface area contributed by atoms with Crippen LogP contribution in [-0.2, 0) is 0 Å². The molecule has 0 spiro atoms. The van der Waals surface area contributed by atoms with Gasteiger partial charge in [0.25, 0.3) is 0 Å². The Balaban J connectivity index is 1.90. The molecule has 2 N–H and O–H groups in total. The van der Waals surface area contributed by atoms with E-state index in [4.69, 9.17) is 0 Å². The molecular formula is C10H17NO. The number of aliphatic hydroxyl groups excluding tert-OH is 1. The predicted molar refractivity (Wildman–Crippen MR) is 46.8 cm³/mol. The van der Waals surface area contributed by atoms with Gasteiger partial charge >= 0.3 is 0 Å². The van der Waals surface area contributed by atoms with Crippen LogP contribution >= 0.6 is 0 Å². The average molecular weight is 167 g/mol. The van der Waals surface area contributed by atoms with Crippen LogP contribution in [0.5, 0.6) is 0 Å². The zero-order valence-corrected chi connectivity index (χ0v) is 7.42. The normalized spacial score (nSPS) is 56.2. The predicted octanol–water partition coefficient (Wildman–Crippen LogP) is 0.899. The molecule has 2 aliphatic heterocycles. The fraction of sp³-hybridized carbons (Fsp3) is 1.00. The molecule has 2 saturated heterocycles. The lowest BCUT2D eigenvalue weighted by Crippen LogP contribution is -2.65. The zero-order valence-electron chi connectivity index (χ0n) is 7.42. The Morgan fingerprint density at radius 3 is 2.33 bits per heavy atom. The van der Waals surface area contributed by atoms with E-state index in [1.807, 2.05) is 0 Å². The molecule has 2 aliphatic carbocycles. The summed E-state index contributed by atoms with van der Waals surface area (Å²) in [7, 11) is 0. The maximum atomic E-state index is 9.37. The molecule has 12 heavy (non-hydrogen) atoms. The minimum Gasteiger partial charge on any atom is -0.394 e. The van der Waals surface area contributed by atoms with E-state index < -0.39 is 0 Å². The first kappa shape index (κ1) is 7.34. The van der Waals surface area contributed by atoms with Crippen molar-refractivity contribution in [2.75, 3.05) is 6.61 Å². The van der Waals surface area contributed by atoms with Gasteiger partial charge < -0.3 is 10.4 Å². The van der Waals surface area contributed by atoms with Crippen LogP contribution in [0.2, 0.25) is 0 Å². The third-order valence-corrected chi connectivity index (χ3v) is 4.07. The minimum absolute atomic E-state index is 0.148. The minimum atomic E-state index is 0.148. The van der Waals surface area contributed by atoms with Gasteiger partial charge in [0.15, 0.2) is 0 Å². The second-order valence-corrected chi connectivity index (χ2v) is 5.13. The van der Waals surface area contributed by atoms with Crippen LogP contribution in [0.3, 0.4) is 0 Å². The SMILES string of the molecule is OCC12C[C@@H]3CC(C[C@@H](C3)C1)N2. The highest BCUT2D eigenvalue weighted by Gasteiger charge is 2.50. The molecule has 2 saturated carbocycles. The quantitative estimate of drug-likeness (QED) is 0.608. The molecule has 0 radical (unpaired) electrons. The first-order valence-electron chi connectivity index (χ1n) is 5.18. The molecule has 0 aromatic rings. The van der Waals surface area contributed by atoms with Crippen molar-refractivity contribution in [3.05, 3.63) is 0 Å².